The smallest absolute Gasteiger partial charge is 0.283 e. The molecule has 0 aliphatic rings. The Bertz CT molecular complexity index is 655. The zero-order chi connectivity index (χ0) is 14.2. The van der Waals surface area contributed by atoms with Gasteiger partial charge < -0.3 is 10.3 Å². The van der Waals surface area contributed by atoms with Crippen molar-refractivity contribution in [1.82, 2.24) is 5.16 Å². The fourth-order valence-corrected chi connectivity index (χ4v) is 1.74. The first-order valence-corrected chi connectivity index (χ1v) is 5.33. The predicted octanol–water partition coefficient (Wildman–Crippen LogP) is 2.67. The Morgan fingerprint density at radius 3 is 2.63 bits per heavy atom. The van der Waals surface area contributed by atoms with E-state index in [4.69, 9.17) is 10.3 Å². The monoisotopic (exact) mass is 269 g/mol. The Balaban J connectivity index is 2.73. The number of nitrogens with two attached hydrogens (primary N) is 1. The highest BCUT2D eigenvalue weighted by atomic mass is 19.2. The lowest BCUT2D eigenvalue weighted by Gasteiger charge is -2.02. The van der Waals surface area contributed by atoms with E-state index in [1.807, 2.05) is 0 Å². The van der Waals surface area contributed by atoms with Gasteiger partial charge in [-0.3, -0.25) is 10.1 Å². The molecule has 0 saturated carbocycles. The second kappa shape index (κ2) is 4.63. The highest BCUT2D eigenvalue weighted by Crippen LogP contribution is 2.36. The van der Waals surface area contributed by atoms with Crippen LogP contribution in [0.15, 0.2) is 16.7 Å². The summed E-state index contributed by atoms with van der Waals surface area (Å²) in [5, 5.41) is 14.4. The standard InChI is InChI=1S/C11H9F2N3O3/c1-2-5-10(19-15-11(5)14)6-3-7(12)8(13)4-9(6)16(17)18/h3-4H,2H2,1H3,(H2,14,15). The molecule has 2 rings (SSSR count). The van der Waals surface area contributed by atoms with Gasteiger partial charge in [-0.1, -0.05) is 12.1 Å². The van der Waals surface area contributed by atoms with E-state index < -0.39 is 22.2 Å². The molecule has 0 radical (unpaired) electrons. The highest BCUT2D eigenvalue weighted by molar-refractivity contribution is 5.74. The molecule has 2 aromatic rings. The van der Waals surface area contributed by atoms with E-state index in [-0.39, 0.29) is 17.1 Å². The minimum Gasteiger partial charge on any atom is -0.381 e. The van der Waals surface area contributed by atoms with Gasteiger partial charge >= 0.3 is 0 Å². The topological polar surface area (TPSA) is 95.2 Å². The molecule has 0 bridgehead atoms. The van der Waals surface area contributed by atoms with Crippen LogP contribution in [-0.4, -0.2) is 10.1 Å². The molecule has 1 aromatic heterocycles. The van der Waals surface area contributed by atoms with Crippen LogP contribution >= 0.6 is 0 Å². The molecule has 8 heteroatoms. The van der Waals surface area contributed by atoms with Gasteiger partial charge in [-0.25, -0.2) is 8.78 Å². The first-order chi connectivity index (χ1) is 8.95. The number of anilines is 1. The maximum atomic E-state index is 13.3. The summed E-state index contributed by atoms with van der Waals surface area (Å²) in [7, 11) is 0. The van der Waals surface area contributed by atoms with Crippen molar-refractivity contribution in [3.8, 4) is 11.3 Å². The number of rotatable bonds is 3. The normalized spacial score (nSPS) is 10.7. The molecular weight excluding hydrogens is 260 g/mol. The maximum Gasteiger partial charge on any atom is 0.283 e. The Hall–Kier alpha value is -2.51. The average molecular weight is 269 g/mol. The first-order valence-electron chi connectivity index (χ1n) is 5.33. The summed E-state index contributed by atoms with van der Waals surface area (Å²) in [6.07, 6.45) is 0.390. The Morgan fingerprint density at radius 1 is 1.42 bits per heavy atom. The van der Waals surface area contributed by atoms with E-state index in [0.29, 0.717) is 24.1 Å². The largest absolute Gasteiger partial charge is 0.381 e. The van der Waals surface area contributed by atoms with Crippen LogP contribution in [0.2, 0.25) is 0 Å². The minimum absolute atomic E-state index is 0.0226. The van der Waals surface area contributed by atoms with Crippen molar-refractivity contribution in [2.24, 2.45) is 0 Å². The lowest BCUT2D eigenvalue weighted by molar-refractivity contribution is -0.384. The molecule has 0 aliphatic heterocycles. The van der Waals surface area contributed by atoms with Crippen LogP contribution in [0.4, 0.5) is 20.3 Å². The molecule has 0 amide bonds. The maximum absolute atomic E-state index is 13.3. The number of nitrogen functional groups attached to an aromatic ring is 1. The van der Waals surface area contributed by atoms with Gasteiger partial charge in [-0.05, 0) is 12.5 Å². The number of hydrogen-bond donors (Lipinski definition) is 1. The van der Waals surface area contributed by atoms with Crippen molar-refractivity contribution in [1.29, 1.82) is 0 Å². The molecule has 0 fully saturated rings. The molecule has 1 heterocycles. The van der Waals surface area contributed by atoms with Gasteiger partial charge in [-0.15, -0.1) is 0 Å². The van der Waals surface area contributed by atoms with E-state index in [9.17, 15) is 18.9 Å². The molecule has 0 atom stereocenters. The summed E-state index contributed by atoms with van der Waals surface area (Å²) in [6, 6.07) is 1.20. The second-order valence-electron chi connectivity index (χ2n) is 3.77. The number of nitro benzene ring substituents is 1. The molecule has 6 nitrogen and oxygen atoms in total. The molecule has 0 spiro atoms. The van der Waals surface area contributed by atoms with Crippen molar-refractivity contribution >= 4 is 11.5 Å². The third-order valence-corrected chi connectivity index (χ3v) is 2.65. The van der Waals surface area contributed by atoms with Crippen LogP contribution in [0.25, 0.3) is 11.3 Å². The predicted molar refractivity (Wildman–Crippen MR) is 62.3 cm³/mol. The number of nitro groups is 1. The third kappa shape index (κ3) is 2.12. The molecule has 19 heavy (non-hydrogen) atoms. The molecule has 100 valence electrons. The lowest BCUT2D eigenvalue weighted by atomic mass is 10.0. The van der Waals surface area contributed by atoms with Gasteiger partial charge in [0.05, 0.1) is 11.0 Å². The van der Waals surface area contributed by atoms with Gasteiger partial charge in [0.25, 0.3) is 5.69 Å². The lowest BCUT2D eigenvalue weighted by Crippen LogP contribution is -1.97. The van der Waals surface area contributed by atoms with Crippen molar-refractivity contribution in [2.75, 3.05) is 5.73 Å². The third-order valence-electron chi connectivity index (χ3n) is 2.65. The van der Waals surface area contributed by atoms with Crippen molar-refractivity contribution < 1.29 is 18.2 Å². The quantitative estimate of drug-likeness (QED) is 0.682. The number of aromatic nitrogens is 1. The number of nitrogens with zero attached hydrogens (tertiary/aromatic N) is 2. The minimum atomic E-state index is -1.30. The van der Waals surface area contributed by atoms with Crippen LogP contribution < -0.4 is 5.73 Å². The number of hydrogen-bond acceptors (Lipinski definition) is 5. The molecule has 0 aliphatic carbocycles. The van der Waals surface area contributed by atoms with Gasteiger partial charge in [0.1, 0.15) is 5.56 Å². The van der Waals surface area contributed by atoms with Crippen molar-refractivity contribution in [3.05, 3.63) is 39.4 Å². The van der Waals surface area contributed by atoms with Gasteiger partial charge in [-0.2, -0.15) is 0 Å². The van der Waals surface area contributed by atoms with Crippen molar-refractivity contribution in [3.63, 3.8) is 0 Å². The van der Waals surface area contributed by atoms with E-state index in [1.54, 1.807) is 6.92 Å². The Kier molecular flexibility index (Phi) is 3.16. The summed E-state index contributed by atoms with van der Waals surface area (Å²) >= 11 is 0. The fraction of sp³-hybridized carbons (Fsp3) is 0.182. The summed E-state index contributed by atoms with van der Waals surface area (Å²) in [5.74, 6) is -2.47. The zero-order valence-corrected chi connectivity index (χ0v) is 9.81. The molecule has 0 saturated heterocycles. The Labute approximate surface area is 106 Å². The number of benzene rings is 1. The van der Waals surface area contributed by atoms with E-state index in [2.05, 4.69) is 5.16 Å². The summed E-state index contributed by atoms with van der Waals surface area (Å²) < 4.78 is 31.2. The summed E-state index contributed by atoms with van der Waals surface area (Å²) in [4.78, 5) is 10.1. The number of halogens is 2. The van der Waals surface area contributed by atoms with Gasteiger partial charge in [0.2, 0.25) is 0 Å². The molecular formula is C11H9F2N3O3. The van der Waals surface area contributed by atoms with E-state index in [1.165, 1.54) is 0 Å². The van der Waals surface area contributed by atoms with E-state index >= 15 is 0 Å². The first kappa shape index (κ1) is 12.9. The Morgan fingerprint density at radius 2 is 2.05 bits per heavy atom. The molecule has 2 N–H and O–H groups in total. The van der Waals surface area contributed by atoms with E-state index in [0.717, 1.165) is 0 Å². The zero-order valence-electron chi connectivity index (χ0n) is 9.81. The summed E-state index contributed by atoms with van der Waals surface area (Å²) in [6.45, 7) is 1.73. The van der Waals surface area contributed by atoms with Crippen LogP contribution in [0, 0.1) is 21.7 Å². The van der Waals surface area contributed by atoms with Gasteiger partial charge in [0, 0.05) is 5.56 Å². The molecule has 1 aromatic carbocycles. The van der Waals surface area contributed by atoms with Crippen LogP contribution in [0.3, 0.4) is 0 Å². The summed E-state index contributed by atoms with van der Waals surface area (Å²) in [5.41, 5.74) is 5.16. The van der Waals surface area contributed by atoms with Crippen LogP contribution in [0.1, 0.15) is 12.5 Å². The SMILES string of the molecule is CCc1c(N)noc1-c1cc(F)c(F)cc1[N+](=O)[O-]. The van der Waals surface area contributed by atoms with Gasteiger partial charge in [0.15, 0.2) is 23.2 Å². The fourth-order valence-electron chi connectivity index (χ4n) is 1.74. The highest BCUT2D eigenvalue weighted by Gasteiger charge is 2.25. The van der Waals surface area contributed by atoms with Crippen LogP contribution in [-0.2, 0) is 6.42 Å². The van der Waals surface area contributed by atoms with Crippen LogP contribution in [0.5, 0.6) is 0 Å². The average Bonchev–Trinajstić information content (AvgIpc) is 2.72. The van der Waals surface area contributed by atoms with Crippen molar-refractivity contribution in [2.45, 2.75) is 13.3 Å². The second-order valence-corrected chi connectivity index (χ2v) is 3.77. The molecule has 0 unspecified atom stereocenters.